The zero-order valence-corrected chi connectivity index (χ0v) is 17.7. The molecule has 0 aliphatic heterocycles. The highest BCUT2D eigenvalue weighted by molar-refractivity contribution is 6.32. The van der Waals surface area contributed by atoms with Gasteiger partial charge in [0.2, 0.25) is 0 Å². The fraction of sp³-hybridized carbons (Fsp3) is 0.120. The molecule has 0 aliphatic rings. The fourth-order valence-electron chi connectivity index (χ4n) is 3.20. The number of nitrogens with one attached hydrogen (secondary N) is 1. The van der Waals surface area contributed by atoms with Crippen LogP contribution in [0.3, 0.4) is 0 Å². The number of nitriles is 1. The van der Waals surface area contributed by atoms with E-state index in [1.165, 1.54) is 0 Å². The number of hydrogen-bond donors (Lipinski definition) is 1. The second-order valence-electron chi connectivity index (χ2n) is 6.81. The Balaban J connectivity index is 1.66. The van der Waals surface area contributed by atoms with Crippen molar-refractivity contribution >= 4 is 34.3 Å². The number of hydrogen-bond acceptors (Lipinski definition) is 4. The third kappa shape index (κ3) is 4.71. The third-order valence-corrected chi connectivity index (χ3v) is 4.91. The molecule has 4 rings (SSSR count). The second-order valence-corrected chi connectivity index (χ2v) is 7.22. The lowest BCUT2D eigenvalue weighted by atomic mass is 10.1. The number of ether oxygens (including phenoxy) is 2. The number of aromatic amines is 1. The number of nitrogens with zero attached hydrogens (tertiary/aromatic N) is 2. The molecule has 3 aromatic carbocycles. The standard InChI is InChI=1S/C25H20ClN3O2/c1-2-30-23-14-18(13-20(26)24(23)31-16-17-8-4-3-5-9-17)12-19(15-27)25-28-21-10-6-7-11-22(21)29-25/h3-14H,2,16H2,1H3,(H,28,29)/b19-12-. The summed E-state index contributed by atoms with van der Waals surface area (Å²) < 4.78 is 11.7. The number of H-pyrrole nitrogens is 1. The number of halogens is 1. The van der Waals surface area contributed by atoms with Crippen LogP contribution in [0.5, 0.6) is 11.5 Å². The van der Waals surface area contributed by atoms with Crippen LogP contribution in [0.15, 0.2) is 66.7 Å². The van der Waals surface area contributed by atoms with E-state index in [-0.39, 0.29) is 0 Å². The van der Waals surface area contributed by atoms with Gasteiger partial charge < -0.3 is 14.5 Å². The minimum absolute atomic E-state index is 0.373. The lowest BCUT2D eigenvalue weighted by Crippen LogP contribution is -2.01. The van der Waals surface area contributed by atoms with Gasteiger partial charge in [0, 0.05) is 0 Å². The molecule has 0 aliphatic carbocycles. The zero-order chi connectivity index (χ0) is 21.6. The van der Waals surface area contributed by atoms with E-state index >= 15 is 0 Å². The summed E-state index contributed by atoms with van der Waals surface area (Å²) in [6.45, 7) is 2.73. The fourth-order valence-corrected chi connectivity index (χ4v) is 3.48. The van der Waals surface area contributed by atoms with Gasteiger partial charge in [0.15, 0.2) is 11.5 Å². The largest absolute Gasteiger partial charge is 0.490 e. The van der Waals surface area contributed by atoms with Gasteiger partial charge in [-0.05, 0) is 48.4 Å². The Hall–Kier alpha value is -3.75. The van der Waals surface area contributed by atoms with Gasteiger partial charge in [0.25, 0.3) is 0 Å². The highest BCUT2D eigenvalue weighted by Gasteiger charge is 2.14. The Morgan fingerprint density at radius 2 is 1.87 bits per heavy atom. The molecule has 0 unspecified atom stereocenters. The molecule has 4 aromatic rings. The van der Waals surface area contributed by atoms with Crippen LogP contribution in [0, 0.1) is 11.3 Å². The minimum Gasteiger partial charge on any atom is -0.490 e. The Kier molecular flexibility index (Phi) is 6.21. The Morgan fingerprint density at radius 1 is 1.10 bits per heavy atom. The highest BCUT2D eigenvalue weighted by atomic mass is 35.5. The summed E-state index contributed by atoms with van der Waals surface area (Å²) in [5.41, 5.74) is 3.82. The van der Waals surface area contributed by atoms with E-state index in [1.807, 2.05) is 67.6 Å². The quantitative estimate of drug-likeness (QED) is 0.352. The molecule has 0 amide bonds. The number of benzene rings is 3. The number of aromatic nitrogens is 2. The molecule has 0 atom stereocenters. The number of imidazole rings is 1. The van der Waals surface area contributed by atoms with Crippen molar-refractivity contribution in [2.45, 2.75) is 13.5 Å². The normalized spacial score (nSPS) is 11.3. The van der Waals surface area contributed by atoms with E-state index in [0.717, 1.165) is 22.2 Å². The molecule has 31 heavy (non-hydrogen) atoms. The first kappa shape index (κ1) is 20.5. The van der Waals surface area contributed by atoms with E-state index < -0.39 is 0 Å². The summed E-state index contributed by atoms with van der Waals surface area (Å²) in [5, 5.41) is 10.1. The molecular formula is C25H20ClN3O2. The minimum atomic E-state index is 0.373. The topological polar surface area (TPSA) is 70.9 Å². The predicted octanol–water partition coefficient (Wildman–Crippen LogP) is 6.26. The first-order valence-electron chi connectivity index (χ1n) is 9.88. The second kappa shape index (κ2) is 9.38. The van der Waals surface area contributed by atoms with Crippen LogP contribution in [0.2, 0.25) is 5.02 Å². The average Bonchev–Trinajstić information content (AvgIpc) is 3.22. The molecule has 5 nitrogen and oxygen atoms in total. The van der Waals surface area contributed by atoms with Crippen LogP contribution in [0.1, 0.15) is 23.9 Å². The van der Waals surface area contributed by atoms with Crippen molar-refractivity contribution in [2.24, 2.45) is 0 Å². The van der Waals surface area contributed by atoms with Gasteiger partial charge in [-0.3, -0.25) is 0 Å². The maximum Gasteiger partial charge on any atom is 0.180 e. The highest BCUT2D eigenvalue weighted by Crippen LogP contribution is 2.38. The van der Waals surface area contributed by atoms with Crippen LogP contribution in [-0.2, 0) is 6.61 Å². The summed E-state index contributed by atoms with van der Waals surface area (Å²) in [5.74, 6) is 1.51. The van der Waals surface area contributed by atoms with Crippen molar-refractivity contribution < 1.29 is 9.47 Å². The van der Waals surface area contributed by atoms with Gasteiger partial charge in [-0.2, -0.15) is 5.26 Å². The van der Waals surface area contributed by atoms with E-state index in [4.69, 9.17) is 21.1 Å². The Morgan fingerprint density at radius 3 is 2.61 bits per heavy atom. The van der Waals surface area contributed by atoms with Gasteiger partial charge in [-0.15, -0.1) is 0 Å². The summed E-state index contributed by atoms with van der Waals surface area (Å²) in [6, 6.07) is 23.3. The van der Waals surface area contributed by atoms with Crippen molar-refractivity contribution in [3.8, 4) is 17.6 Å². The molecule has 0 saturated heterocycles. The van der Waals surface area contributed by atoms with Gasteiger partial charge in [-0.1, -0.05) is 54.1 Å². The maximum atomic E-state index is 9.71. The Labute approximate surface area is 185 Å². The molecule has 0 bridgehead atoms. The van der Waals surface area contributed by atoms with E-state index in [1.54, 1.807) is 12.1 Å². The number of fused-ring (bicyclic) bond motifs is 1. The molecule has 154 valence electrons. The average molecular weight is 430 g/mol. The predicted molar refractivity (Wildman–Crippen MR) is 123 cm³/mol. The van der Waals surface area contributed by atoms with Crippen molar-refractivity contribution in [3.05, 3.63) is 88.7 Å². The summed E-state index contributed by atoms with van der Waals surface area (Å²) in [4.78, 5) is 7.69. The van der Waals surface area contributed by atoms with Crippen LogP contribution in [-0.4, -0.2) is 16.6 Å². The molecule has 0 spiro atoms. The number of allylic oxidation sites excluding steroid dienone is 1. The third-order valence-electron chi connectivity index (χ3n) is 4.63. The SMILES string of the molecule is CCOc1cc(/C=C(/C#N)c2nc3ccccc3[nH]2)cc(Cl)c1OCc1ccccc1. The van der Waals surface area contributed by atoms with E-state index in [9.17, 15) is 5.26 Å². The molecule has 0 fully saturated rings. The van der Waals surface area contributed by atoms with Crippen molar-refractivity contribution in [1.29, 1.82) is 5.26 Å². The van der Waals surface area contributed by atoms with Crippen LogP contribution < -0.4 is 9.47 Å². The maximum absolute atomic E-state index is 9.71. The van der Waals surface area contributed by atoms with Gasteiger partial charge >= 0.3 is 0 Å². The van der Waals surface area contributed by atoms with E-state index in [2.05, 4.69) is 16.0 Å². The zero-order valence-electron chi connectivity index (χ0n) is 16.9. The first-order chi connectivity index (χ1) is 15.2. The van der Waals surface area contributed by atoms with Crippen LogP contribution in [0.25, 0.3) is 22.7 Å². The molecule has 0 saturated carbocycles. The number of rotatable bonds is 7. The van der Waals surface area contributed by atoms with Gasteiger partial charge in [0.1, 0.15) is 18.5 Å². The van der Waals surface area contributed by atoms with Crippen LogP contribution >= 0.6 is 11.6 Å². The smallest absolute Gasteiger partial charge is 0.180 e. The molecular weight excluding hydrogens is 410 g/mol. The Bertz CT molecular complexity index is 1240. The summed E-state index contributed by atoms with van der Waals surface area (Å²) in [6.07, 6.45) is 1.73. The molecule has 6 heteroatoms. The van der Waals surface area contributed by atoms with Crippen molar-refractivity contribution in [1.82, 2.24) is 9.97 Å². The van der Waals surface area contributed by atoms with E-state index in [0.29, 0.717) is 41.1 Å². The lowest BCUT2D eigenvalue weighted by Gasteiger charge is -2.14. The van der Waals surface area contributed by atoms with Crippen molar-refractivity contribution in [2.75, 3.05) is 6.61 Å². The molecule has 1 N–H and O–H groups in total. The summed E-state index contributed by atoms with van der Waals surface area (Å²) >= 11 is 6.53. The molecule has 1 aromatic heterocycles. The molecule has 0 radical (unpaired) electrons. The van der Waals surface area contributed by atoms with Gasteiger partial charge in [0.05, 0.1) is 28.2 Å². The van der Waals surface area contributed by atoms with Crippen molar-refractivity contribution in [3.63, 3.8) is 0 Å². The first-order valence-corrected chi connectivity index (χ1v) is 10.3. The molecule has 1 heterocycles. The van der Waals surface area contributed by atoms with Crippen LogP contribution in [0.4, 0.5) is 0 Å². The summed E-state index contributed by atoms with van der Waals surface area (Å²) in [7, 11) is 0. The lowest BCUT2D eigenvalue weighted by molar-refractivity contribution is 0.269. The van der Waals surface area contributed by atoms with Gasteiger partial charge in [-0.25, -0.2) is 4.98 Å². The monoisotopic (exact) mass is 429 g/mol. The number of para-hydroxylation sites is 2.